The molecule has 0 saturated carbocycles. The van der Waals surface area contributed by atoms with Gasteiger partial charge in [-0.3, -0.25) is 14.4 Å². The van der Waals surface area contributed by atoms with Gasteiger partial charge in [0.05, 0.1) is 5.71 Å². The molecule has 0 amide bonds. The predicted octanol–water partition coefficient (Wildman–Crippen LogP) is 4.25. The zero-order valence-electron chi connectivity index (χ0n) is 18.4. The Morgan fingerprint density at radius 2 is 1.77 bits per heavy atom. The van der Waals surface area contributed by atoms with E-state index in [9.17, 15) is 4.79 Å². The van der Waals surface area contributed by atoms with Crippen molar-refractivity contribution >= 4 is 22.8 Å². The summed E-state index contributed by atoms with van der Waals surface area (Å²) in [6.45, 7) is 13.8. The lowest BCUT2D eigenvalue weighted by Crippen LogP contribution is -2.23. The number of ketones is 1. The number of fused-ring (bicyclic) bond motifs is 3. The number of nitrogens with zero attached hydrogens (tertiary/aromatic N) is 6. The molecule has 0 saturated heterocycles. The molecule has 1 aliphatic rings. The lowest BCUT2D eigenvalue weighted by Gasteiger charge is -2.19. The molecule has 0 aliphatic carbocycles. The van der Waals surface area contributed by atoms with Gasteiger partial charge in [-0.25, -0.2) is 9.97 Å². The van der Waals surface area contributed by atoms with Crippen LogP contribution in [0.2, 0.25) is 0 Å². The molecule has 4 rings (SSSR count). The molecule has 1 atom stereocenters. The van der Waals surface area contributed by atoms with Crippen LogP contribution >= 0.6 is 11.3 Å². The van der Waals surface area contributed by atoms with E-state index in [4.69, 9.17) is 4.99 Å². The van der Waals surface area contributed by atoms with Gasteiger partial charge in [0.2, 0.25) is 0 Å². The van der Waals surface area contributed by atoms with Crippen LogP contribution in [0.5, 0.6) is 0 Å². The first-order valence-electron chi connectivity index (χ1n) is 10.0. The van der Waals surface area contributed by atoms with E-state index in [-0.39, 0.29) is 12.2 Å². The van der Waals surface area contributed by atoms with Gasteiger partial charge in [-0.15, -0.1) is 21.5 Å². The molecular weight excluding hydrogens is 396 g/mol. The summed E-state index contributed by atoms with van der Waals surface area (Å²) in [7, 11) is 0. The third-order valence-electron chi connectivity index (χ3n) is 5.51. The molecule has 8 heteroatoms. The highest BCUT2D eigenvalue weighted by atomic mass is 32.1. The van der Waals surface area contributed by atoms with E-state index >= 15 is 0 Å². The molecule has 0 radical (unpaired) electrons. The summed E-state index contributed by atoms with van der Waals surface area (Å²) in [6.07, 6.45) is 3.88. The highest BCUT2D eigenvalue weighted by Crippen LogP contribution is 2.40. The summed E-state index contributed by atoms with van der Waals surface area (Å²) in [5.41, 5.74) is 3.40. The maximum Gasteiger partial charge on any atom is 0.163 e. The summed E-state index contributed by atoms with van der Waals surface area (Å²) in [4.78, 5) is 28.0. The van der Waals surface area contributed by atoms with Crippen molar-refractivity contribution in [2.75, 3.05) is 0 Å². The largest absolute Gasteiger partial charge is 0.299 e. The molecule has 3 aromatic heterocycles. The Bertz CT molecular complexity index is 1160. The fourth-order valence-electron chi connectivity index (χ4n) is 3.52. The minimum Gasteiger partial charge on any atom is -0.299 e. The SMILES string of the molecule is Cc1ncc(C2=N[C@@H](CC(=O)C(C)(C)C)c3nnc(C)n3-c3sc(C)c(C)c32)cn1. The third kappa shape index (κ3) is 3.39. The number of hydrogen-bond donors (Lipinski definition) is 0. The summed E-state index contributed by atoms with van der Waals surface area (Å²) in [6, 6.07) is -0.423. The Balaban J connectivity index is 1.98. The number of aromatic nitrogens is 5. The van der Waals surface area contributed by atoms with Crippen LogP contribution in [0.25, 0.3) is 5.00 Å². The second-order valence-electron chi connectivity index (χ2n) is 8.79. The lowest BCUT2D eigenvalue weighted by atomic mass is 9.87. The molecule has 30 heavy (non-hydrogen) atoms. The number of carbonyl (C=O) groups excluding carboxylic acids is 1. The minimum absolute atomic E-state index is 0.140. The van der Waals surface area contributed by atoms with E-state index in [2.05, 4.69) is 38.6 Å². The topological polar surface area (TPSA) is 85.9 Å². The van der Waals surface area contributed by atoms with Gasteiger partial charge in [0.15, 0.2) is 5.82 Å². The average molecular weight is 423 g/mol. The summed E-state index contributed by atoms with van der Waals surface area (Å²) in [5, 5.41) is 9.80. The lowest BCUT2D eigenvalue weighted by molar-refractivity contribution is -0.126. The van der Waals surface area contributed by atoms with Crippen LogP contribution in [0.1, 0.15) is 72.3 Å². The predicted molar refractivity (Wildman–Crippen MR) is 118 cm³/mol. The second-order valence-corrected chi connectivity index (χ2v) is 10.00. The van der Waals surface area contributed by atoms with Crippen molar-refractivity contribution < 1.29 is 4.79 Å². The zero-order chi connectivity index (χ0) is 21.8. The van der Waals surface area contributed by atoms with E-state index in [1.165, 1.54) is 4.88 Å². The molecule has 156 valence electrons. The first kappa shape index (κ1) is 20.5. The molecule has 3 aromatic rings. The average Bonchev–Trinajstić information content (AvgIpc) is 3.14. The number of hydrogen-bond acceptors (Lipinski definition) is 7. The number of aryl methyl sites for hydroxylation is 3. The fourth-order valence-corrected chi connectivity index (χ4v) is 4.74. The van der Waals surface area contributed by atoms with Crippen LogP contribution < -0.4 is 0 Å². The standard InChI is InChI=1S/C22H26N6OS/c1-11-12(2)30-21-18(11)19(15-9-23-13(3)24-10-15)25-16(8-17(29)22(5,6)7)20-27-26-14(4)28(20)21/h9-10,16H,8H2,1-7H3/t16-/m0/s1. The Morgan fingerprint density at radius 3 is 2.40 bits per heavy atom. The van der Waals surface area contributed by atoms with Crippen molar-refractivity contribution in [3.05, 3.63) is 51.4 Å². The van der Waals surface area contributed by atoms with Crippen LogP contribution in [-0.4, -0.2) is 36.2 Å². The van der Waals surface area contributed by atoms with Gasteiger partial charge in [-0.05, 0) is 33.3 Å². The highest BCUT2D eigenvalue weighted by Gasteiger charge is 2.34. The Morgan fingerprint density at radius 1 is 1.10 bits per heavy atom. The Hall–Kier alpha value is -2.74. The van der Waals surface area contributed by atoms with E-state index in [0.717, 1.165) is 33.2 Å². The van der Waals surface area contributed by atoms with Crippen molar-refractivity contribution in [3.8, 4) is 5.00 Å². The van der Waals surface area contributed by atoms with Gasteiger partial charge in [0.25, 0.3) is 0 Å². The number of aliphatic imine (C=N–C) groups is 1. The molecule has 7 nitrogen and oxygen atoms in total. The first-order valence-corrected chi connectivity index (χ1v) is 10.8. The van der Waals surface area contributed by atoms with Crippen LogP contribution in [0.3, 0.4) is 0 Å². The van der Waals surface area contributed by atoms with Crippen LogP contribution in [0.4, 0.5) is 0 Å². The van der Waals surface area contributed by atoms with Gasteiger partial charge in [0.1, 0.15) is 28.5 Å². The smallest absolute Gasteiger partial charge is 0.163 e. The molecule has 0 spiro atoms. The highest BCUT2D eigenvalue weighted by molar-refractivity contribution is 7.15. The summed E-state index contributed by atoms with van der Waals surface area (Å²) < 4.78 is 2.06. The quantitative estimate of drug-likeness (QED) is 0.630. The number of carbonyl (C=O) groups is 1. The molecule has 4 heterocycles. The van der Waals surface area contributed by atoms with Crippen molar-refractivity contribution in [1.29, 1.82) is 0 Å². The van der Waals surface area contributed by atoms with Crippen molar-refractivity contribution in [2.24, 2.45) is 10.4 Å². The van der Waals surface area contributed by atoms with Gasteiger partial charge in [0, 0.05) is 40.2 Å². The molecule has 0 unspecified atom stereocenters. The number of rotatable bonds is 3. The molecule has 0 bridgehead atoms. The molecule has 0 N–H and O–H groups in total. The monoisotopic (exact) mass is 422 g/mol. The summed E-state index contributed by atoms with van der Waals surface area (Å²) in [5.74, 6) is 2.34. The zero-order valence-corrected chi connectivity index (χ0v) is 19.3. The van der Waals surface area contributed by atoms with Crippen LogP contribution in [0, 0.1) is 33.1 Å². The van der Waals surface area contributed by atoms with Crippen molar-refractivity contribution in [2.45, 2.75) is 60.9 Å². The minimum atomic E-state index is -0.452. The van der Waals surface area contributed by atoms with Crippen molar-refractivity contribution in [3.63, 3.8) is 0 Å². The summed E-state index contributed by atoms with van der Waals surface area (Å²) >= 11 is 1.70. The van der Waals surface area contributed by atoms with E-state index in [1.54, 1.807) is 23.7 Å². The molecule has 0 fully saturated rings. The Labute approximate surface area is 180 Å². The van der Waals surface area contributed by atoms with Crippen LogP contribution in [0.15, 0.2) is 17.4 Å². The van der Waals surface area contributed by atoms with Gasteiger partial charge in [-0.1, -0.05) is 20.8 Å². The first-order chi connectivity index (χ1) is 14.1. The van der Waals surface area contributed by atoms with Gasteiger partial charge < -0.3 is 0 Å². The third-order valence-corrected chi connectivity index (χ3v) is 6.70. The molecule has 1 aliphatic heterocycles. The van der Waals surface area contributed by atoms with E-state index in [0.29, 0.717) is 11.6 Å². The van der Waals surface area contributed by atoms with Crippen LogP contribution in [-0.2, 0) is 4.79 Å². The van der Waals surface area contributed by atoms with Gasteiger partial charge >= 0.3 is 0 Å². The number of thiophene rings is 1. The Kier molecular flexibility index (Phi) is 4.92. The maximum absolute atomic E-state index is 12.9. The van der Waals surface area contributed by atoms with E-state index < -0.39 is 11.5 Å². The normalized spacial score (nSPS) is 16.0. The fraction of sp³-hybridized carbons (Fsp3) is 0.455. The van der Waals surface area contributed by atoms with Crippen molar-refractivity contribution in [1.82, 2.24) is 24.7 Å². The maximum atomic E-state index is 12.9. The second kappa shape index (κ2) is 7.19. The van der Waals surface area contributed by atoms with Gasteiger partial charge in [-0.2, -0.15) is 0 Å². The molecular formula is C22H26N6OS. The molecule has 0 aromatic carbocycles. The number of Topliss-reactive ketones (excluding diaryl/α,β-unsaturated/α-hetero) is 1. The van der Waals surface area contributed by atoms with E-state index in [1.807, 2.05) is 34.6 Å².